The summed E-state index contributed by atoms with van der Waals surface area (Å²) in [5, 5.41) is 13.2. The zero-order valence-corrected chi connectivity index (χ0v) is 13.8. The van der Waals surface area contributed by atoms with Crippen LogP contribution in [0.2, 0.25) is 0 Å². The maximum atomic E-state index is 12.3. The Labute approximate surface area is 137 Å². The van der Waals surface area contributed by atoms with Crippen LogP contribution in [0, 0.1) is 0 Å². The topological polar surface area (TPSA) is 93.8 Å². The van der Waals surface area contributed by atoms with Crippen LogP contribution < -0.4 is 20.5 Å². The van der Waals surface area contributed by atoms with Gasteiger partial charge in [-0.15, -0.1) is 0 Å². The molecule has 0 spiro atoms. The molecule has 0 saturated heterocycles. The quantitative estimate of drug-likeness (QED) is 0.738. The van der Waals surface area contributed by atoms with Gasteiger partial charge in [0.25, 0.3) is 0 Å². The van der Waals surface area contributed by atoms with Gasteiger partial charge in [0.2, 0.25) is 5.91 Å². The lowest BCUT2D eigenvalue weighted by atomic mass is 9.82. The van der Waals surface area contributed by atoms with E-state index in [1.165, 1.54) is 7.11 Å². The van der Waals surface area contributed by atoms with Crippen molar-refractivity contribution in [1.29, 1.82) is 0 Å². The molecule has 0 heterocycles. The smallest absolute Gasteiger partial charge is 0.240 e. The Morgan fingerprint density at radius 1 is 1.30 bits per heavy atom. The number of hydrogen-bond donors (Lipinski definition) is 3. The van der Waals surface area contributed by atoms with Gasteiger partial charge in [-0.3, -0.25) is 4.79 Å². The first-order valence-corrected chi connectivity index (χ1v) is 7.97. The van der Waals surface area contributed by atoms with Gasteiger partial charge in [0.15, 0.2) is 0 Å². The molecule has 23 heavy (non-hydrogen) atoms. The maximum Gasteiger partial charge on any atom is 0.240 e. The molecule has 128 valence electrons. The van der Waals surface area contributed by atoms with E-state index in [0.29, 0.717) is 29.9 Å². The summed E-state index contributed by atoms with van der Waals surface area (Å²) in [7, 11) is 3.09. The minimum atomic E-state index is -0.892. The molecule has 1 unspecified atom stereocenters. The van der Waals surface area contributed by atoms with E-state index in [0.717, 1.165) is 19.3 Å². The predicted octanol–water partition coefficient (Wildman–Crippen LogP) is 1.51. The van der Waals surface area contributed by atoms with E-state index in [1.54, 1.807) is 25.3 Å². The molecule has 1 aromatic rings. The molecule has 0 radical (unpaired) electrons. The number of nitrogens with one attached hydrogen (secondary N) is 1. The molecule has 1 saturated carbocycles. The van der Waals surface area contributed by atoms with Gasteiger partial charge in [-0.1, -0.05) is 19.3 Å². The van der Waals surface area contributed by atoms with Crippen molar-refractivity contribution in [2.24, 2.45) is 5.73 Å². The van der Waals surface area contributed by atoms with Gasteiger partial charge in [0, 0.05) is 12.1 Å². The van der Waals surface area contributed by atoms with Crippen LogP contribution in [0.3, 0.4) is 0 Å². The number of rotatable bonds is 6. The van der Waals surface area contributed by atoms with Crippen LogP contribution in [0.4, 0.5) is 0 Å². The highest BCUT2D eigenvalue weighted by atomic mass is 16.5. The van der Waals surface area contributed by atoms with Crippen molar-refractivity contribution in [2.45, 2.75) is 43.7 Å². The molecule has 6 nitrogen and oxygen atoms in total. The largest absolute Gasteiger partial charge is 0.497 e. The summed E-state index contributed by atoms with van der Waals surface area (Å²) in [6, 6.07) is 5.18. The van der Waals surface area contributed by atoms with Gasteiger partial charge in [-0.05, 0) is 31.0 Å². The second-order valence-electron chi connectivity index (χ2n) is 6.05. The molecule has 1 aromatic carbocycles. The fraction of sp³-hybridized carbons (Fsp3) is 0.588. The van der Waals surface area contributed by atoms with E-state index in [-0.39, 0.29) is 12.5 Å². The zero-order chi connectivity index (χ0) is 16.9. The molecular formula is C17H26N2O4. The highest BCUT2D eigenvalue weighted by molar-refractivity contribution is 5.86. The highest BCUT2D eigenvalue weighted by Gasteiger charge is 2.35. The molecule has 4 N–H and O–H groups in total. The maximum absolute atomic E-state index is 12.3. The summed E-state index contributed by atoms with van der Waals surface area (Å²) in [6.07, 6.45) is 3.55. The van der Waals surface area contributed by atoms with Crippen LogP contribution in [-0.4, -0.2) is 37.3 Å². The molecule has 1 aliphatic rings. The summed E-state index contributed by atoms with van der Waals surface area (Å²) in [5.74, 6) is 0.972. The first-order valence-electron chi connectivity index (χ1n) is 7.97. The lowest BCUT2D eigenvalue weighted by Gasteiger charge is -2.32. The van der Waals surface area contributed by atoms with Gasteiger partial charge in [-0.2, -0.15) is 0 Å². The highest BCUT2D eigenvalue weighted by Crippen LogP contribution is 2.30. The number of ether oxygens (including phenoxy) is 2. The van der Waals surface area contributed by atoms with Crippen molar-refractivity contribution >= 4 is 5.91 Å². The summed E-state index contributed by atoms with van der Waals surface area (Å²) in [4.78, 5) is 12.3. The lowest BCUT2D eigenvalue weighted by Crippen LogP contribution is -2.55. The van der Waals surface area contributed by atoms with Crippen LogP contribution in [-0.2, 0) is 4.79 Å². The summed E-state index contributed by atoms with van der Waals surface area (Å²) in [5.41, 5.74) is 5.95. The summed E-state index contributed by atoms with van der Waals surface area (Å²) < 4.78 is 10.4. The fourth-order valence-corrected chi connectivity index (χ4v) is 2.98. The van der Waals surface area contributed by atoms with Crippen LogP contribution in [0.25, 0.3) is 0 Å². The molecule has 1 atom stereocenters. The number of benzene rings is 1. The van der Waals surface area contributed by atoms with E-state index in [2.05, 4.69) is 5.32 Å². The average molecular weight is 322 g/mol. The monoisotopic (exact) mass is 322 g/mol. The van der Waals surface area contributed by atoms with Crippen LogP contribution >= 0.6 is 0 Å². The van der Waals surface area contributed by atoms with Crippen molar-refractivity contribution in [3.8, 4) is 11.5 Å². The Kier molecular flexibility index (Phi) is 5.85. The van der Waals surface area contributed by atoms with Gasteiger partial charge >= 0.3 is 0 Å². The number of nitrogens with two attached hydrogens (primary N) is 1. The Morgan fingerprint density at radius 2 is 2.00 bits per heavy atom. The number of methoxy groups -OCH3 is 2. The van der Waals surface area contributed by atoms with E-state index in [4.69, 9.17) is 15.2 Å². The average Bonchev–Trinajstić information content (AvgIpc) is 2.59. The molecular weight excluding hydrogens is 296 g/mol. The molecule has 0 aromatic heterocycles. The molecule has 6 heteroatoms. The number of aliphatic hydroxyl groups excluding tert-OH is 1. The Morgan fingerprint density at radius 3 is 2.61 bits per heavy atom. The van der Waals surface area contributed by atoms with Gasteiger partial charge < -0.3 is 25.6 Å². The van der Waals surface area contributed by atoms with Crippen molar-refractivity contribution < 1.29 is 19.4 Å². The van der Waals surface area contributed by atoms with Gasteiger partial charge in [0.1, 0.15) is 11.5 Å². The third kappa shape index (κ3) is 4.14. The van der Waals surface area contributed by atoms with Crippen molar-refractivity contribution in [1.82, 2.24) is 5.32 Å². The van der Waals surface area contributed by atoms with Crippen LogP contribution in [0.15, 0.2) is 18.2 Å². The minimum Gasteiger partial charge on any atom is -0.497 e. The van der Waals surface area contributed by atoms with Gasteiger partial charge in [0.05, 0.1) is 25.9 Å². The van der Waals surface area contributed by atoms with Crippen molar-refractivity contribution in [3.05, 3.63) is 23.8 Å². The first kappa shape index (κ1) is 17.6. The number of hydrogen-bond acceptors (Lipinski definition) is 5. The van der Waals surface area contributed by atoms with E-state index >= 15 is 0 Å². The zero-order valence-electron chi connectivity index (χ0n) is 13.8. The minimum absolute atomic E-state index is 0.0846. The first-order chi connectivity index (χ1) is 11.0. The lowest BCUT2D eigenvalue weighted by molar-refractivity contribution is -0.128. The molecule has 1 fully saturated rings. The molecule has 0 bridgehead atoms. The third-order valence-corrected chi connectivity index (χ3v) is 4.45. The normalized spacial score (nSPS) is 18.1. The van der Waals surface area contributed by atoms with Gasteiger partial charge in [-0.25, -0.2) is 0 Å². The fourth-order valence-electron chi connectivity index (χ4n) is 2.98. The Bertz CT molecular complexity index is 541. The number of amides is 1. The molecule has 1 amide bonds. The van der Waals surface area contributed by atoms with Crippen LogP contribution in [0.1, 0.15) is 43.8 Å². The standard InChI is InChI=1S/C17H26N2O4/c1-22-12-6-7-15(23-2)13(10-12)14(20)11-19-16(21)17(18)8-4-3-5-9-17/h6-7,10,14,20H,3-5,8-9,11,18H2,1-2H3,(H,19,21). The second-order valence-corrected chi connectivity index (χ2v) is 6.05. The molecule has 2 rings (SSSR count). The summed E-state index contributed by atoms with van der Waals surface area (Å²) in [6.45, 7) is 0.0846. The Hall–Kier alpha value is -1.79. The number of carbonyl (C=O) groups is 1. The SMILES string of the molecule is COc1ccc(OC)c(C(O)CNC(=O)C2(N)CCCCC2)c1. The van der Waals surface area contributed by atoms with E-state index < -0.39 is 11.6 Å². The van der Waals surface area contributed by atoms with Crippen LogP contribution in [0.5, 0.6) is 11.5 Å². The molecule has 0 aliphatic heterocycles. The number of aliphatic hydroxyl groups is 1. The van der Waals surface area contributed by atoms with Crippen molar-refractivity contribution in [3.63, 3.8) is 0 Å². The summed E-state index contributed by atoms with van der Waals surface area (Å²) >= 11 is 0. The molecule has 1 aliphatic carbocycles. The number of carbonyl (C=O) groups excluding carboxylic acids is 1. The van der Waals surface area contributed by atoms with E-state index in [9.17, 15) is 9.90 Å². The predicted molar refractivity (Wildman–Crippen MR) is 87.5 cm³/mol. The third-order valence-electron chi connectivity index (χ3n) is 4.45. The second kappa shape index (κ2) is 7.66. The van der Waals surface area contributed by atoms with E-state index in [1.807, 2.05) is 0 Å². The Balaban J connectivity index is 2.01. The van der Waals surface area contributed by atoms with Crippen molar-refractivity contribution in [2.75, 3.05) is 20.8 Å².